The van der Waals surface area contributed by atoms with Crippen LogP contribution in [0, 0.1) is 17.0 Å². The average Bonchev–Trinajstić information content (AvgIpc) is 2.55. The van der Waals surface area contributed by atoms with Gasteiger partial charge in [0.25, 0.3) is 11.6 Å². The quantitative estimate of drug-likeness (QED) is 0.607. The van der Waals surface area contributed by atoms with Crippen molar-refractivity contribution in [1.82, 2.24) is 4.90 Å². The number of amides is 1. The average molecular weight is 314 g/mol. The molecule has 1 amide bonds. The lowest BCUT2D eigenvalue weighted by atomic mass is 10.1. The Morgan fingerprint density at radius 3 is 2.43 bits per heavy atom. The Balaban J connectivity index is 1.89. The second kappa shape index (κ2) is 7.40. The van der Waals surface area contributed by atoms with Crippen LogP contribution in [-0.2, 0) is 11.3 Å². The van der Waals surface area contributed by atoms with Crippen LogP contribution in [0.4, 0.5) is 5.69 Å². The molecular weight excluding hydrogens is 296 g/mol. The summed E-state index contributed by atoms with van der Waals surface area (Å²) in [5.41, 5.74) is 2.20. The molecule has 0 bridgehead atoms. The van der Waals surface area contributed by atoms with Crippen molar-refractivity contribution in [2.24, 2.45) is 0 Å². The van der Waals surface area contributed by atoms with Crippen molar-refractivity contribution in [2.45, 2.75) is 13.5 Å². The van der Waals surface area contributed by atoms with Crippen molar-refractivity contribution < 1.29 is 14.5 Å². The Kier molecular flexibility index (Phi) is 5.30. The number of nitro groups is 1. The molecule has 2 aromatic rings. The molecule has 2 aromatic carbocycles. The van der Waals surface area contributed by atoms with Crippen molar-refractivity contribution >= 4 is 11.6 Å². The highest BCUT2D eigenvalue weighted by Gasteiger charge is 2.12. The zero-order chi connectivity index (χ0) is 16.8. The van der Waals surface area contributed by atoms with Gasteiger partial charge in [-0.25, -0.2) is 0 Å². The number of likely N-dealkylation sites (N-methyl/N-ethyl adjacent to an activating group) is 1. The number of rotatable bonds is 6. The molecule has 0 aliphatic carbocycles. The van der Waals surface area contributed by atoms with E-state index in [0.29, 0.717) is 12.3 Å². The molecule has 2 rings (SSSR count). The normalized spacial score (nSPS) is 10.2. The van der Waals surface area contributed by atoms with E-state index in [-0.39, 0.29) is 18.2 Å². The molecule has 6 heteroatoms. The maximum atomic E-state index is 12.1. The Morgan fingerprint density at radius 1 is 1.17 bits per heavy atom. The van der Waals surface area contributed by atoms with E-state index in [9.17, 15) is 14.9 Å². The fourth-order valence-electron chi connectivity index (χ4n) is 2.05. The zero-order valence-corrected chi connectivity index (χ0v) is 13.1. The first-order chi connectivity index (χ1) is 11.0. The lowest BCUT2D eigenvalue weighted by molar-refractivity contribution is -0.384. The van der Waals surface area contributed by atoms with E-state index in [0.717, 1.165) is 11.1 Å². The zero-order valence-electron chi connectivity index (χ0n) is 13.1. The molecule has 0 unspecified atom stereocenters. The van der Waals surface area contributed by atoms with Gasteiger partial charge in [-0.2, -0.15) is 0 Å². The van der Waals surface area contributed by atoms with Crippen molar-refractivity contribution in [3.8, 4) is 5.75 Å². The molecule has 0 saturated carbocycles. The molecule has 23 heavy (non-hydrogen) atoms. The number of carbonyl (C=O) groups excluding carboxylic acids is 1. The van der Waals surface area contributed by atoms with E-state index in [2.05, 4.69) is 0 Å². The summed E-state index contributed by atoms with van der Waals surface area (Å²) in [6.07, 6.45) is 0. The van der Waals surface area contributed by atoms with E-state index >= 15 is 0 Å². The van der Waals surface area contributed by atoms with Crippen molar-refractivity contribution in [3.63, 3.8) is 0 Å². The molecule has 6 nitrogen and oxygen atoms in total. The lowest BCUT2D eigenvalue weighted by Gasteiger charge is -2.18. The van der Waals surface area contributed by atoms with Crippen LogP contribution in [0.15, 0.2) is 48.5 Å². The van der Waals surface area contributed by atoms with Gasteiger partial charge in [0, 0.05) is 25.7 Å². The number of non-ortho nitro benzene ring substituents is 1. The smallest absolute Gasteiger partial charge is 0.269 e. The van der Waals surface area contributed by atoms with Crippen molar-refractivity contribution in [2.75, 3.05) is 13.7 Å². The highest BCUT2D eigenvalue weighted by Crippen LogP contribution is 2.17. The summed E-state index contributed by atoms with van der Waals surface area (Å²) in [7, 11) is 1.72. The van der Waals surface area contributed by atoms with Crippen LogP contribution >= 0.6 is 0 Å². The second-order valence-corrected chi connectivity index (χ2v) is 5.22. The Bertz CT molecular complexity index is 698. The van der Waals surface area contributed by atoms with Gasteiger partial charge in [-0.1, -0.05) is 24.3 Å². The molecule has 0 fully saturated rings. The maximum absolute atomic E-state index is 12.1. The third-order valence-corrected chi connectivity index (χ3v) is 3.50. The Morgan fingerprint density at radius 2 is 1.83 bits per heavy atom. The largest absolute Gasteiger partial charge is 0.484 e. The number of benzene rings is 2. The molecule has 0 aliphatic rings. The van der Waals surface area contributed by atoms with Gasteiger partial charge < -0.3 is 9.64 Å². The number of ether oxygens (including phenoxy) is 1. The summed E-state index contributed by atoms with van der Waals surface area (Å²) in [6, 6.07) is 13.5. The van der Waals surface area contributed by atoms with Crippen LogP contribution < -0.4 is 4.74 Å². The maximum Gasteiger partial charge on any atom is 0.269 e. The third kappa shape index (κ3) is 4.54. The number of nitro benzene ring substituents is 1. The van der Waals surface area contributed by atoms with Gasteiger partial charge in [-0.05, 0) is 30.2 Å². The summed E-state index contributed by atoms with van der Waals surface area (Å²) < 4.78 is 5.38. The number of nitrogens with zero attached hydrogens (tertiary/aromatic N) is 2. The van der Waals surface area contributed by atoms with Crippen molar-refractivity contribution in [1.29, 1.82) is 0 Å². The third-order valence-electron chi connectivity index (χ3n) is 3.50. The molecule has 0 radical (unpaired) electrons. The van der Waals surface area contributed by atoms with E-state index in [1.165, 1.54) is 24.3 Å². The molecule has 0 saturated heterocycles. The minimum absolute atomic E-state index is 0.0136. The molecule has 0 aliphatic heterocycles. The number of hydrogen-bond donors (Lipinski definition) is 0. The number of aryl methyl sites for hydroxylation is 1. The van der Waals surface area contributed by atoms with Gasteiger partial charge in [0.1, 0.15) is 5.75 Å². The molecule has 120 valence electrons. The fourth-order valence-corrected chi connectivity index (χ4v) is 2.05. The highest BCUT2D eigenvalue weighted by molar-refractivity contribution is 5.77. The molecule has 0 spiro atoms. The van der Waals surface area contributed by atoms with Crippen LogP contribution in [0.2, 0.25) is 0 Å². The predicted octanol–water partition coefficient (Wildman–Crippen LogP) is 2.94. The van der Waals surface area contributed by atoms with Gasteiger partial charge in [-0.15, -0.1) is 0 Å². The minimum atomic E-state index is -0.481. The van der Waals surface area contributed by atoms with Crippen LogP contribution in [0.1, 0.15) is 11.1 Å². The lowest BCUT2D eigenvalue weighted by Crippen LogP contribution is -2.31. The van der Waals surface area contributed by atoms with Gasteiger partial charge in [0.2, 0.25) is 0 Å². The molecule has 0 aromatic heterocycles. The van der Waals surface area contributed by atoms with Gasteiger partial charge in [-0.3, -0.25) is 14.9 Å². The van der Waals surface area contributed by atoms with Crippen LogP contribution in [0.25, 0.3) is 0 Å². The fraction of sp³-hybridized carbons (Fsp3) is 0.235. The standard InChI is InChI=1S/C17H18N2O4/c1-13-5-3-4-6-14(13)11-18(2)17(20)12-23-16-9-7-15(8-10-16)19(21)22/h3-10H,11-12H2,1-2H3. The second-order valence-electron chi connectivity index (χ2n) is 5.22. The topological polar surface area (TPSA) is 72.7 Å². The van der Waals surface area contributed by atoms with Gasteiger partial charge in [0.05, 0.1) is 4.92 Å². The summed E-state index contributed by atoms with van der Waals surface area (Å²) in [4.78, 5) is 23.8. The first-order valence-electron chi connectivity index (χ1n) is 7.13. The molecule has 0 N–H and O–H groups in total. The van der Waals surface area contributed by atoms with Gasteiger partial charge in [0.15, 0.2) is 6.61 Å². The van der Waals surface area contributed by atoms with Crippen LogP contribution in [-0.4, -0.2) is 29.4 Å². The van der Waals surface area contributed by atoms with E-state index in [1.54, 1.807) is 11.9 Å². The monoisotopic (exact) mass is 314 g/mol. The van der Waals surface area contributed by atoms with Crippen LogP contribution in [0.3, 0.4) is 0 Å². The summed E-state index contributed by atoms with van der Waals surface area (Å²) >= 11 is 0. The van der Waals surface area contributed by atoms with Crippen molar-refractivity contribution in [3.05, 3.63) is 69.8 Å². The summed E-state index contributed by atoms with van der Waals surface area (Å²) in [6.45, 7) is 2.40. The number of carbonyl (C=O) groups is 1. The van der Waals surface area contributed by atoms with Crippen LogP contribution in [0.5, 0.6) is 5.75 Å². The highest BCUT2D eigenvalue weighted by atomic mass is 16.6. The number of hydrogen-bond acceptors (Lipinski definition) is 4. The first-order valence-corrected chi connectivity index (χ1v) is 7.13. The Labute approximate surface area is 134 Å². The molecule has 0 heterocycles. The SMILES string of the molecule is Cc1ccccc1CN(C)C(=O)COc1ccc([N+](=O)[O-])cc1. The minimum Gasteiger partial charge on any atom is -0.484 e. The van der Waals surface area contributed by atoms with Gasteiger partial charge >= 0.3 is 0 Å². The predicted molar refractivity (Wildman–Crippen MR) is 86.2 cm³/mol. The van der Waals surface area contributed by atoms with E-state index in [1.807, 2.05) is 31.2 Å². The Hall–Kier alpha value is -2.89. The summed E-state index contributed by atoms with van der Waals surface area (Å²) in [5.74, 6) is 0.264. The summed E-state index contributed by atoms with van der Waals surface area (Å²) in [5, 5.41) is 10.6. The van der Waals surface area contributed by atoms with E-state index < -0.39 is 4.92 Å². The van der Waals surface area contributed by atoms with E-state index in [4.69, 9.17) is 4.74 Å². The first kappa shape index (κ1) is 16.5. The molecular formula is C17H18N2O4. The molecule has 0 atom stereocenters.